The highest BCUT2D eigenvalue weighted by molar-refractivity contribution is 9.10. The number of nitrogens with two attached hydrogens (primary N) is 1. The van der Waals surface area contributed by atoms with E-state index < -0.39 is 17.1 Å². The Balaban J connectivity index is 1.90. The van der Waals surface area contributed by atoms with E-state index in [1.54, 1.807) is 20.8 Å². The number of hydrogen-bond donors (Lipinski definition) is 1. The Morgan fingerprint density at radius 1 is 1.31 bits per heavy atom. The van der Waals surface area contributed by atoms with Crippen LogP contribution in [-0.4, -0.2) is 33.8 Å². The van der Waals surface area contributed by atoms with Gasteiger partial charge in [-0.2, -0.15) is 0 Å². The van der Waals surface area contributed by atoms with E-state index in [1.807, 2.05) is 24.3 Å². The van der Waals surface area contributed by atoms with Gasteiger partial charge in [0.25, 0.3) is 5.56 Å². The van der Waals surface area contributed by atoms with Gasteiger partial charge in [-0.1, -0.05) is 23.7 Å². The third kappa shape index (κ3) is 7.79. The van der Waals surface area contributed by atoms with Crippen molar-refractivity contribution in [3.05, 3.63) is 56.0 Å². The van der Waals surface area contributed by atoms with Crippen LogP contribution in [0.2, 0.25) is 5.02 Å². The molecule has 2 rings (SSSR count). The molecule has 0 radical (unpaired) electrons. The quantitative estimate of drug-likeness (QED) is 0.575. The fourth-order valence-corrected chi connectivity index (χ4v) is 3.02. The number of carbonyl (C=O) groups excluding carboxylic acids is 1. The Hall–Kier alpha value is -1.90. The average molecular weight is 487 g/mol. The molecule has 9 heteroatoms. The van der Waals surface area contributed by atoms with Crippen LogP contribution >= 0.6 is 27.5 Å². The van der Waals surface area contributed by atoms with Gasteiger partial charge in [0.1, 0.15) is 29.6 Å². The maximum absolute atomic E-state index is 12.4. The summed E-state index contributed by atoms with van der Waals surface area (Å²) in [7, 11) is 0. The zero-order valence-corrected chi connectivity index (χ0v) is 19.0. The second-order valence-corrected chi connectivity index (χ2v) is 8.85. The number of rotatable bonds is 8. The highest BCUT2D eigenvalue weighted by atomic mass is 79.9. The van der Waals surface area contributed by atoms with Gasteiger partial charge >= 0.3 is 5.97 Å². The summed E-state index contributed by atoms with van der Waals surface area (Å²) >= 11 is 9.07. The van der Waals surface area contributed by atoms with Crippen LogP contribution in [0.4, 0.5) is 0 Å². The minimum Gasteiger partial charge on any atom is -0.475 e. The van der Waals surface area contributed by atoms with Crippen molar-refractivity contribution in [3.63, 3.8) is 0 Å². The van der Waals surface area contributed by atoms with Crippen LogP contribution in [0, 0.1) is 0 Å². The molecule has 1 heterocycles. The molecule has 2 N–H and O–H groups in total. The van der Waals surface area contributed by atoms with Gasteiger partial charge in [0, 0.05) is 11.1 Å². The largest absolute Gasteiger partial charge is 0.475 e. The molecule has 29 heavy (non-hydrogen) atoms. The van der Waals surface area contributed by atoms with E-state index in [4.69, 9.17) is 26.8 Å². The molecule has 0 bridgehead atoms. The number of esters is 1. The van der Waals surface area contributed by atoms with Crippen LogP contribution in [0.5, 0.6) is 5.88 Å². The first kappa shape index (κ1) is 23.4. The summed E-state index contributed by atoms with van der Waals surface area (Å²) in [5.41, 5.74) is 6.17. The number of hydrogen-bond acceptors (Lipinski definition) is 6. The highest BCUT2D eigenvalue weighted by Gasteiger charge is 2.19. The van der Waals surface area contributed by atoms with Crippen LogP contribution in [0.1, 0.15) is 32.8 Å². The molecule has 1 aromatic heterocycles. The van der Waals surface area contributed by atoms with E-state index in [1.165, 1.54) is 6.33 Å². The number of halogens is 2. The Morgan fingerprint density at radius 2 is 1.97 bits per heavy atom. The molecule has 0 aliphatic rings. The van der Waals surface area contributed by atoms with Crippen molar-refractivity contribution >= 4 is 33.5 Å². The Labute approximate surface area is 183 Å². The van der Waals surface area contributed by atoms with Gasteiger partial charge in [-0.25, -0.2) is 4.98 Å². The number of aromatic nitrogens is 2. The van der Waals surface area contributed by atoms with Crippen LogP contribution < -0.4 is 16.0 Å². The SMILES string of the molecule is CC(C)(C)OC(=O)Cn1cnc(OC[C@H](N)CCc2ccc(Cl)cc2)c(Br)c1=O. The van der Waals surface area contributed by atoms with Crippen molar-refractivity contribution < 1.29 is 14.3 Å². The standard InChI is InChI=1S/C20H25BrClN3O4/c1-20(2,3)29-16(26)10-25-12-24-18(17(21)19(25)27)28-11-15(23)9-6-13-4-7-14(22)8-5-13/h4-5,7-8,12,15H,6,9-11,23H2,1-3H3/t15-/m1/s1. The van der Waals surface area contributed by atoms with E-state index >= 15 is 0 Å². The monoisotopic (exact) mass is 485 g/mol. The number of nitrogens with zero attached hydrogens (tertiary/aromatic N) is 2. The van der Waals surface area contributed by atoms with Gasteiger partial charge in [0.2, 0.25) is 5.88 Å². The summed E-state index contributed by atoms with van der Waals surface area (Å²) in [6.45, 7) is 5.25. The average Bonchev–Trinajstić information content (AvgIpc) is 2.63. The Morgan fingerprint density at radius 3 is 2.59 bits per heavy atom. The molecular formula is C20H25BrClN3O4. The van der Waals surface area contributed by atoms with Crippen LogP contribution in [-0.2, 0) is 22.5 Å². The smallest absolute Gasteiger partial charge is 0.326 e. The molecule has 2 aromatic rings. The number of ether oxygens (including phenoxy) is 2. The molecule has 0 aliphatic heterocycles. The van der Waals surface area contributed by atoms with Crippen molar-refractivity contribution in [3.8, 4) is 5.88 Å². The van der Waals surface area contributed by atoms with E-state index in [0.717, 1.165) is 16.6 Å². The predicted octanol–water partition coefficient (Wildman–Crippen LogP) is 3.34. The molecule has 7 nitrogen and oxygen atoms in total. The second-order valence-electron chi connectivity index (χ2n) is 7.62. The van der Waals surface area contributed by atoms with E-state index in [0.29, 0.717) is 11.4 Å². The lowest BCUT2D eigenvalue weighted by Gasteiger charge is -2.19. The second kappa shape index (κ2) is 10.2. The number of benzene rings is 1. The molecule has 0 amide bonds. The summed E-state index contributed by atoms with van der Waals surface area (Å²) in [6, 6.07) is 7.36. The maximum atomic E-state index is 12.4. The minimum atomic E-state index is -0.628. The molecule has 0 unspecified atom stereocenters. The molecule has 0 saturated carbocycles. The van der Waals surface area contributed by atoms with E-state index in [-0.39, 0.29) is 29.5 Å². The lowest BCUT2D eigenvalue weighted by atomic mass is 10.1. The summed E-state index contributed by atoms with van der Waals surface area (Å²) in [5, 5.41) is 0.693. The van der Waals surface area contributed by atoms with E-state index in [2.05, 4.69) is 20.9 Å². The summed E-state index contributed by atoms with van der Waals surface area (Å²) in [4.78, 5) is 28.4. The maximum Gasteiger partial charge on any atom is 0.326 e. The lowest BCUT2D eigenvalue weighted by Crippen LogP contribution is -2.32. The summed E-state index contributed by atoms with van der Waals surface area (Å²) < 4.78 is 12.1. The van der Waals surface area contributed by atoms with Crippen molar-refractivity contribution in [2.45, 2.75) is 51.8 Å². The fourth-order valence-electron chi connectivity index (χ4n) is 2.45. The van der Waals surface area contributed by atoms with Gasteiger partial charge < -0.3 is 15.2 Å². The first-order valence-electron chi connectivity index (χ1n) is 9.15. The molecule has 1 atom stereocenters. The van der Waals surface area contributed by atoms with Gasteiger partial charge in [-0.15, -0.1) is 0 Å². The van der Waals surface area contributed by atoms with Gasteiger partial charge in [0.05, 0.1) is 0 Å². The summed E-state index contributed by atoms with van der Waals surface area (Å²) in [6.07, 6.45) is 2.74. The zero-order chi connectivity index (χ0) is 21.6. The first-order chi connectivity index (χ1) is 13.5. The van der Waals surface area contributed by atoms with Crippen molar-refractivity contribution in [1.29, 1.82) is 0 Å². The number of carbonyl (C=O) groups is 1. The van der Waals surface area contributed by atoms with Crippen molar-refractivity contribution in [1.82, 2.24) is 9.55 Å². The Bertz CT molecular complexity index is 894. The third-order valence-corrected chi connectivity index (χ3v) is 4.75. The van der Waals surface area contributed by atoms with Gasteiger partial charge in [-0.05, 0) is 67.2 Å². The van der Waals surface area contributed by atoms with Crippen LogP contribution in [0.25, 0.3) is 0 Å². The molecular weight excluding hydrogens is 462 g/mol. The molecule has 0 spiro atoms. The van der Waals surface area contributed by atoms with Gasteiger partial charge in [-0.3, -0.25) is 14.2 Å². The van der Waals surface area contributed by atoms with E-state index in [9.17, 15) is 9.59 Å². The third-order valence-electron chi connectivity index (χ3n) is 3.82. The minimum absolute atomic E-state index is 0.133. The topological polar surface area (TPSA) is 96.4 Å². The molecule has 158 valence electrons. The molecule has 1 aromatic carbocycles. The normalized spacial score (nSPS) is 12.5. The van der Waals surface area contributed by atoms with Gasteiger partial charge in [0.15, 0.2) is 0 Å². The highest BCUT2D eigenvalue weighted by Crippen LogP contribution is 2.18. The Kier molecular flexibility index (Phi) is 8.24. The molecule has 0 aliphatic carbocycles. The molecule has 0 saturated heterocycles. The van der Waals surface area contributed by atoms with Crippen LogP contribution in [0.15, 0.2) is 39.9 Å². The van der Waals surface area contributed by atoms with Crippen LogP contribution in [0.3, 0.4) is 0 Å². The fraction of sp³-hybridized carbons (Fsp3) is 0.450. The number of aryl methyl sites for hydroxylation is 1. The molecule has 0 fully saturated rings. The predicted molar refractivity (Wildman–Crippen MR) is 115 cm³/mol. The lowest BCUT2D eigenvalue weighted by molar-refractivity contribution is -0.155. The first-order valence-corrected chi connectivity index (χ1v) is 10.3. The zero-order valence-electron chi connectivity index (χ0n) is 16.7. The van der Waals surface area contributed by atoms with Crippen molar-refractivity contribution in [2.75, 3.05) is 6.61 Å². The summed E-state index contributed by atoms with van der Waals surface area (Å²) in [5.74, 6) is -0.386. The van der Waals surface area contributed by atoms with Crippen molar-refractivity contribution in [2.24, 2.45) is 5.73 Å².